The van der Waals surface area contributed by atoms with Crippen molar-refractivity contribution < 1.29 is 17.9 Å². The lowest BCUT2D eigenvalue weighted by molar-refractivity contribution is 0.0692. The number of H-pyrrole nitrogens is 1. The van der Waals surface area contributed by atoms with Crippen LogP contribution in [0.5, 0.6) is 5.75 Å². The van der Waals surface area contributed by atoms with Crippen LogP contribution in [-0.2, 0) is 10.0 Å². The van der Waals surface area contributed by atoms with Gasteiger partial charge in [-0.2, -0.15) is 9.40 Å². The summed E-state index contributed by atoms with van der Waals surface area (Å²) < 4.78 is 29.7. The number of benzene rings is 1. The number of carbonyl (C=O) groups is 1. The van der Waals surface area contributed by atoms with Gasteiger partial charge in [0.1, 0.15) is 11.4 Å². The van der Waals surface area contributed by atoms with Crippen molar-refractivity contribution in [2.45, 2.75) is 0 Å². The highest BCUT2D eigenvalue weighted by Crippen LogP contribution is 2.23. The summed E-state index contributed by atoms with van der Waals surface area (Å²) >= 11 is 0. The third-order valence-electron chi connectivity index (χ3n) is 4.17. The predicted octanol–water partition coefficient (Wildman–Crippen LogP) is 0.803. The van der Waals surface area contributed by atoms with Crippen molar-refractivity contribution in [2.24, 2.45) is 0 Å². The number of aromatic nitrogens is 2. The molecule has 1 amide bonds. The molecule has 134 valence electrons. The number of nitrogens with one attached hydrogen (secondary N) is 1. The molecule has 0 aliphatic carbocycles. The summed E-state index contributed by atoms with van der Waals surface area (Å²) in [5, 5.41) is 6.96. The molecule has 0 saturated carbocycles. The fourth-order valence-electron chi connectivity index (χ4n) is 2.75. The minimum absolute atomic E-state index is 0.185. The maximum absolute atomic E-state index is 12.6. The van der Waals surface area contributed by atoms with Crippen molar-refractivity contribution in [1.29, 1.82) is 0 Å². The summed E-state index contributed by atoms with van der Waals surface area (Å²) in [5.74, 6) is 0.528. The first-order valence-electron chi connectivity index (χ1n) is 7.83. The van der Waals surface area contributed by atoms with Crippen molar-refractivity contribution in [2.75, 3.05) is 39.5 Å². The van der Waals surface area contributed by atoms with E-state index in [1.165, 1.54) is 10.6 Å². The Hall–Kier alpha value is -2.39. The van der Waals surface area contributed by atoms with Crippen LogP contribution in [0.2, 0.25) is 0 Å². The van der Waals surface area contributed by atoms with Gasteiger partial charge >= 0.3 is 0 Å². The quantitative estimate of drug-likeness (QED) is 0.866. The van der Waals surface area contributed by atoms with Gasteiger partial charge in [-0.25, -0.2) is 8.42 Å². The molecule has 25 heavy (non-hydrogen) atoms. The summed E-state index contributed by atoms with van der Waals surface area (Å²) in [7, 11) is -1.62. The van der Waals surface area contributed by atoms with Crippen molar-refractivity contribution in [3.05, 3.63) is 36.0 Å². The van der Waals surface area contributed by atoms with Crippen LogP contribution in [0.1, 0.15) is 10.5 Å². The zero-order valence-electron chi connectivity index (χ0n) is 14.1. The van der Waals surface area contributed by atoms with E-state index in [2.05, 4.69) is 10.2 Å². The van der Waals surface area contributed by atoms with Crippen LogP contribution in [0.25, 0.3) is 11.3 Å². The second kappa shape index (κ2) is 6.85. The van der Waals surface area contributed by atoms with E-state index in [0.29, 0.717) is 43.3 Å². The average molecular weight is 364 g/mol. The minimum atomic E-state index is -3.21. The van der Waals surface area contributed by atoms with E-state index in [0.717, 1.165) is 5.56 Å². The third kappa shape index (κ3) is 3.83. The molecule has 0 spiro atoms. The Bertz CT molecular complexity index is 870. The first kappa shape index (κ1) is 17.4. The molecular weight excluding hydrogens is 344 g/mol. The normalized spacial score (nSPS) is 16.0. The monoisotopic (exact) mass is 364 g/mol. The second-order valence-corrected chi connectivity index (χ2v) is 7.84. The summed E-state index contributed by atoms with van der Waals surface area (Å²) in [6, 6.07) is 9.12. The van der Waals surface area contributed by atoms with Crippen LogP contribution in [0, 0.1) is 0 Å². The molecule has 0 atom stereocenters. The number of sulfonamides is 1. The Kier molecular flexibility index (Phi) is 4.78. The predicted molar refractivity (Wildman–Crippen MR) is 92.9 cm³/mol. The Labute approximate surface area is 146 Å². The molecule has 1 N–H and O–H groups in total. The Morgan fingerprint density at radius 3 is 2.56 bits per heavy atom. The highest BCUT2D eigenvalue weighted by atomic mass is 32.2. The number of amides is 1. The number of carbonyl (C=O) groups excluding carboxylic acids is 1. The van der Waals surface area contributed by atoms with E-state index in [1.807, 2.05) is 24.3 Å². The molecule has 8 nitrogen and oxygen atoms in total. The highest BCUT2D eigenvalue weighted by Gasteiger charge is 2.27. The molecule has 2 heterocycles. The molecule has 2 aromatic rings. The molecule has 1 aliphatic heterocycles. The summed E-state index contributed by atoms with van der Waals surface area (Å²) in [5.41, 5.74) is 1.87. The van der Waals surface area contributed by atoms with E-state index >= 15 is 0 Å². The van der Waals surface area contributed by atoms with E-state index in [4.69, 9.17) is 4.74 Å². The zero-order valence-corrected chi connectivity index (χ0v) is 14.9. The largest absolute Gasteiger partial charge is 0.497 e. The van der Waals surface area contributed by atoms with Crippen LogP contribution in [0.3, 0.4) is 0 Å². The third-order valence-corrected chi connectivity index (χ3v) is 5.47. The van der Waals surface area contributed by atoms with Gasteiger partial charge in [0.25, 0.3) is 5.91 Å². The SMILES string of the molecule is COc1cccc(-c2cc(C(=O)N3CCN(S(C)(=O)=O)CC3)[nH]n2)c1. The van der Waals surface area contributed by atoms with Crippen LogP contribution >= 0.6 is 0 Å². The Morgan fingerprint density at radius 2 is 1.92 bits per heavy atom. The van der Waals surface area contributed by atoms with Gasteiger partial charge < -0.3 is 9.64 Å². The smallest absolute Gasteiger partial charge is 0.271 e. The van der Waals surface area contributed by atoms with Gasteiger partial charge in [0.2, 0.25) is 10.0 Å². The number of nitrogens with zero attached hydrogens (tertiary/aromatic N) is 3. The molecule has 1 saturated heterocycles. The van der Waals surface area contributed by atoms with E-state index in [1.54, 1.807) is 18.1 Å². The lowest BCUT2D eigenvalue weighted by Crippen LogP contribution is -2.50. The van der Waals surface area contributed by atoms with Crippen LogP contribution in [0.15, 0.2) is 30.3 Å². The maximum atomic E-state index is 12.6. The van der Waals surface area contributed by atoms with E-state index in [9.17, 15) is 13.2 Å². The maximum Gasteiger partial charge on any atom is 0.271 e. The number of ether oxygens (including phenoxy) is 1. The molecule has 3 rings (SSSR count). The van der Waals surface area contributed by atoms with Gasteiger partial charge in [-0.3, -0.25) is 9.89 Å². The fourth-order valence-corrected chi connectivity index (χ4v) is 3.58. The van der Waals surface area contributed by atoms with Crippen LogP contribution in [0.4, 0.5) is 0 Å². The summed E-state index contributed by atoms with van der Waals surface area (Å²) in [6.45, 7) is 1.34. The number of aromatic amines is 1. The van der Waals surface area contributed by atoms with Gasteiger partial charge in [0.05, 0.1) is 19.1 Å². The molecular formula is C16H20N4O4S. The Balaban J connectivity index is 1.71. The zero-order chi connectivity index (χ0) is 18.0. The summed E-state index contributed by atoms with van der Waals surface area (Å²) in [4.78, 5) is 14.2. The molecule has 1 aliphatic rings. The first-order chi connectivity index (χ1) is 11.9. The van der Waals surface area contributed by atoms with Gasteiger partial charge in [0, 0.05) is 31.7 Å². The van der Waals surface area contributed by atoms with E-state index in [-0.39, 0.29) is 5.91 Å². The van der Waals surface area contributed by atoms with Gasteiger partial charge in [-0.05, 0) is 18.2 Å². The van der Waals surface area contributed by atoms with Crippen molar-refractivity contribution in [3.8, 4) is 17.0 Å². The van der Waals surface area contributed by atoms with Crippen molar-refractivity contribution in [3.63, 3.8) is 0 Å². The van der Waals surface area contributed by atoms with Crippen LogP contribution < -0.4 is 4.74 Å². The Morgan fingerprint density at radius 1 is 1.20 bits per heavy atom. The van der Waals surface area contributed by atoms with Gasteiger partial charge in [-0.15, -0.1) is 0 Å². The fraction of sp³-hybridized carbons (Fsp3) is 0.375. The highest BCUT2D eigenvalue weighted by molar-refractivity contribution is 7.88. The first-order valence-corrected chi connectivity index (χ1v) is 9.67. The molecule has 0 radical (unpaired) electrons. The lowest BCUT2D eigenvalue weighted by atomic mass is 10.1. The van der Waals surface area contributed by atoms with E-state index < -0.39 is 10.0 Å². The van der Waals surface area contributed by atoms with Crippen LogP contribution in [-0.4, -0.2) is 73.3 Å². The number of piperazine rings is 1. The minimum Gasteiger partial charge on any atom is -0.497 e. The number of hydrogen-bond acceptors (Lipinski definition) is 5. The number of methoxy groups -OCH3 is 1. The van der Waals surface area contributed by atoms with Crippen molar-refractivity contribution >= 4 is 15.9 Å². The molecule has 1 aromatic carbocycles. The number of rotatable bonds is 4. The summed E-state index contributed by atoms with van der Waals surface area (Å²) in [6.07, 6.45) is 1.18. The second-order valence-electron chi connectivity index (χ2n) is 5.85. The molecule has 0 unspecified atom stereocenters. The standard InChI is InChI=1S/C16H20N4O4S/c1-24-13-5-3-4-12(10-13)14-11-15(18-17-14)16(21)19-6-8-20(9-7-19)25(2,22)23/h3-5,10-11H,6-9H2,1-2H3,(H,17,18). The molecule has 1 aromatic heterocycles. The molecule has 1 fully saturated rings. The molecule has 0 bridgehead atoms. The molecule has 9 heteroatoms. The topological polar surface area (TPSA) is 95.6 Å². The van der Waals surface area contributed by atoms with Gasteiger partial charge in [0.15, 0.2) is 0 Å². The lowest BCUT2D eigenvalue weighted by Gasteiger charge is -2.32. The average Bonchev–Trinajstić information content (AvgIpc) is 3.10. The van der Waals surface area contributed by atoms with Gasteiger partial charge in [-0.1, -0.05) is 12.1 Å². The number of hydrogen-bond donors (Lipinski definition) is 1. The van der Waals surface area contributed by atoms with Crippen molar-refractivity contribution in [1.82, 2.24) is 19.4 Å².